The van der Waals surface area contributed by atoms with Crippen molar-refractivity contribution in [1.29, 1.82) is 0 Å². The summed E-state index contributed by atoms with van der Waals surface area (Å²) in [7, 11) is -1.38. The van der Waals surface area contributed by atoms with E-state index in [-0.39, 0.29) is 23.5 Å². The summed E-state index contributed by atoms with van der Waals surface area (Å²) in [5.41, 5.74) is 1.14. The Morgan fingerprint density at radius 2 is 2.17 bits per heavy atom. The highest BCUT2D eigenvalue weighted by molar-refractivity contribution is 7.91. The standard InChI is InChI=1S/C15H18N4O3S/c1-11-13(9-17-19(11)14-5-3-4-7-16-14)15(20)18(2)12-6-8-23(21,22)10-12/h3-5,7,9,12H,6,8,10H2,1-2H3. The van der Waals surface area contributed by atoms with Gasteiger partial charge < -0.3 is 4.90 Å². The van der Waals surface area contributed by atoms with Crippen LogP contribution in [-0.2, 0) is 9.84 Å². The Bertz CT molecular complexity index is 830. The summed E-state index contributed by atoms with van der Waals surface area (Å²) >= 11 is 0. The minimum atomic E-state index is -3.03. The van der Waals surface area contributed by atoms with Gasteiger partial charge in [0.2, 0.25) is 0 Å². The second kappa shape index (κ2) is 5.77. The number of hydrogen-bond acceptors (Lipinski definition) is 5. The zero-order chi connectivity index (χ0) is 16.6. The van der Waals surface area contributed by atoms with Gasteiger partial charge >= 0.3 is 0 Å². The molecule has 3 rings (SSSR count). The lowest BCUT2D eigenvalue weighted by molar-refractivity contribution is 0.0747. The Labute approximate surface area is 134 Å². The van der Waals surface area contributed by atoms with Gasteiger partial charge in [0.25, 0.3) is 5.91 Å². The molecule has 1 aliphatic rings. The molecule has 0 aromatic carbocycles. The largest absolute Gasteiger partial charge is 0.338 e. The molecule has 0 bridgehead atoms. The summed E-state index contributed by atoms with van der Waals surface area (Å²) in [6, 6.07) is 5.19. The number of hydrogen-bond donors (Lipinski definition) is 0. The van der Waals surface area contributed by atoms with Crippen molar-refractivity contribution in [3.63, 3.8) is 0 Å². The molecule has 1 aliphatic heterocycles. The molecule has 2 aromatic rings. The maximum Gasteiger partial charge on any atom is 0.257 e. The Morgan fingerprint density at radius 3 is 2.78 bits per heavy atom. The highest BCUT2D eigenvalue weighted by atomic mass is 32.2. The van der Waals surface area contributed by atoms with Gasteiger partial charge in [-0.15, -0.1) is 0 Å². The molecule has 1 unspecified atom stereocenters. The lowest BCUT2D eigenvalue weighted by Crippen LogP contribution is -2.38. The highest BCUT2D eigenvalue weighted by Gasteiger charge is 2.33. The van der Waals surface area contributed by atoms with Gasteiger partial charge in [0, 0.05) is 19.3 Å². The smallest absolute Gasteiger partial charge is 0.257 e. The van der Waals surface area contributed by atoms with Crippen LogP contribution in [0.1, 0.15) is 22.5 Å². The van der Waals surface area contributed by atoms with Crippen LogP contribution in [0.3, 0.4) is 0 Å². The predicted octanol–water partition coefficient (Wildman–Crippen LogP) is 0.835. The van der Waals surface area contributed by atoms with Gasteiger partial charge in [0.1, 0.15) is 0 Å². The molecule has 3 heterocycles. The van der Waals surface area contributed by atoms with Crippen molar-refractivity contribution in [2.24, 2.45) is 0 Å². The van der Waals surface area contributed by atoms with E-state index in [1.807, 2.05) is 18.2 Å². The minimum Gasteiger partial charge on any atom is -0.338 e. The number of pyridine rings is 1. The molecule has 0 aliphatic carbocycles. The maximum absolute atomic E-state index is 12.7. The number of rotatable bonds is 3. The fraction of sp³-hybridized carbons (Fsp3) is 0.400. The summed E-state index contributed by atoms with van der Waals surface area (Å²) in [6.45, 7) is 1.80. The van der Waals surface area contributed by atoms with Crippen LogP contribution in [-0.4, -0.2) is 58.6 Å². The van der Waals surface area contributed by atoms with Gasteiger partial charge in [-0.3, -0.25) is 4.79 Å². The molecule has 1 saturated heterocycles. The Hall–Kier alpha value is -2.22. The second-order valence-electron chi connectivity index (χ2n) is 5.72. The van der Waals surface area contributed by atoms with Crippen LogP contribution >= 0.6 is 0 Å². The average molecular weight is 334 g/mol. The van der Waals surface area contributed by atoms with Crippen LogP contribution in [0, 0.1) is 6.92 Å². The molecule has 122 valence electrons. The lowest BCUT2D eigenvalue weighted by Gasteiger charge is -2.23. The van der Waals surface area contributed by atoms with Gasteiger partial charge in [-0.2, -0.15) is 5.10 Å². The van der Waals surface area contributed by atoms with Gasteiger partial charge in [0.15, 0.2) is 15.7 Å². The Morgan fingerprint density at radius 1 is 1.39 bits per heavy atom. The van der Waals surface area contributed by atoms with Gasteiger partial charge in [-0.05, 0) is 25.5 Å². The van der Waals surface area contributed by atoms with E-state index in [9.17, 15) is 13.2 Å². The van der Waals surface area contributed by atoms with Gasteiger partial charge in [-0.1, -0.05) is 6.07 Å². The molecule has 1 fully saturated rings. The monoisotopic (exact) mass is 334 g/mol. The van der Waals surface area contributed by atoms with Crippen LogP contribution in [0.25, 0.3) is 5.82 Å². The van der Waals surface area contributed by atoms with Crippen molar-refractivity contribution in [3.05, 3.63) is 41.9 Å². The second-order valence-corrected chi connectivity index (χ2v) is 7.95. The first kappa shape index (κ1) is 15.7. The summed E-state index contributed by atoms with van der Waals surface area (Å²) in [6.07, 6.45) is 3.65. The number of carbonyl (C=O) groups excluding carboxylic acids is 1. The molecular weight excluding hydrogens is 316 g/mol. The van der Waals surface area contributed by atoms with E-state index >= 15 is 0 Å². The Kier molecular flexibility index (Phi) is 3.93. The van der Waals surface area contributed by atoms with E-state index < -0.39 is 9.84 Å². The highest BCUT2D eigenvalue weighted by Crippen LogP contribution is 2.20. The molecule has 0 saturated carbocycles. The first-order valence-electron chi connectivity index (χ1n) is 7.32. The Balaban J connectivity index is 1.85. The van der Waals surface area contributed by atoms with Crippen molar-refractivity contribution in [3.8, 4) is 5.82 Å². The first-order chi connectivity index (χ1) is 10.9. The zero-order valence-electron chi connectivity index (χ0n) is 13.0. The van der Waals surface area contributed by atoms with Crippen LogP contribution in [0.4, 0.5) is 0 Å². The topological polar surface area (TPSA) is 85.2 Å². The normalized spacial score (nSPS) is 19.7. The van der Waals surface area contributed by atoms with Gasteiger partial charge in [0.05, 0.1) is 29.0 Å². The van der Waals surface area contributed by atoms with E-state index in [1.54, 1.807) is 24.9 Å². The van der Waals surface area contributed by atoms with Gasteiger partial charge in [-0.25, -0.2) is 18.1 Å². The van der Waals surface area contributed by atoms with Crippen LogP contribution in [0.5, 0.6) is 0 Å². The number of aromatic nitrogens is 3. The van der Waals surface area contributed by atoms with Crippen molar-refractivity contribution >= 4 is 15.7 Å². The third kappa shape index (κ3) is 2.98. The third-order valence-corrected chi connectivity index (χ3v) is 5.93. The summed E-state index contributed by atoms with van der Waals surface area (Å²) in [4.78, 5) is 18.4. The van der Waals surface area contributed by atoms with Crippen molar-refractivity contribution < 1.29 is 13.2 Å². The average Bonchev–Trinajstić information content (AvgIpc) is 3.09. The molecule has 7 nitrogen and oxygen atoms in total. The van der Waals surface area contributed by atoms with E-state index in [4.69, 9.17) is 0 Å². The fourth-order valence-corrected chi connectivity index (χ4v) is 4.54. The molecule has 23 heavy (non-hydrogen) atoms. The predicted molar refractivity (Wildman–Crippen MR) is 85.2 cm³/mol. The lowest BCUT2D eigenvalue weighted by atomic mass is 10.2. The molecule has 1 amide bonds. The molecule has 0 N–H and O–H groups in total. The summed E-state index contributed by atoms with van der Waals surface area (Å²) < 4.78 is 24.8. The minimum absolute atomic E-state index is 0.0304. The van der Waals surface area contributed by atoms with Crippen molar-refractivity contribution in [2.45, 2.75) is 19.4 Å². The number of nitrogens with zero attached hydrogens (tertiary/aromatic N) is 4. The molecule has 2 aromatic heterocycles. The number of amides is 1. The zero-order valence-corrected chi connectivity index (χ0v) is 13.8. The quantitative estimate of drug-likeness (QED) is 0.830. The first-order valence-corrected chi connectivity index (χ1v) is 9.15. The van der Waals surface area contributed by atoms with E-state index in [0.717, 1.165) is 0 Å². The molecular formula is C15H18N4O3S. The van der Waals surface area contributed by atoms with Crippen LogP contribution in [0.2, 0.25) is 0 Å². The van der Waals surface area contributed by atoms with Crippen molar-refractivity contribution in [2.75, 3.05) is 18.6 Å². The van der Waals surface area contributed by atoms with E-state index in [0.29, 0.717) is 23.5 Å². The van der Waals surface area contributed by atoms with Crippen molar-refractivity contribution in [1.82, 2.24) is 19.7 Å². The number of carbonyl (C=O) groups is 1. The van der Waals surface area contributed by atoms with E-state index in [1.165, 1.54) is 11.1 Å². The third-order valence-electron chi connectivity index (χ3n) is 4.18. The molecule has 0 spiro atoms. The summed E-state index contributed by atoms with van der Waals surface area (Å²) in [5, 5.41) is 4.23. The SMILES string of the molecule is Cc1c(C(=O)N(C)C2CCS(=O)(=O)C2)cnn1-c1ccccn1. The maximum atomic E-state index is 12.7. The van der Waals surface area contributed by atoms with Crippen LogP contribution in [0.15, 0.2) is 30.6 Å². The summed E-state index contributed by atoms with van der Waals surface area (Å²) in [5.74, 6) is 0.589. The fourth-order valence-electron chi connectivity index (χ4n) is 2.77. The van der Waals surface area contributed by atoms with E-state index in [2.05, 4.69) is 10.1 Å². The molecule has 1 atom stereocenters. The molecule has 0 radical (unpaired) electrons. The molecule has 8 heteroatoms. The number of sulfone groups is 1. The van der Waals surface area contributed by atoms with Crippen LogP contribution < -0.4 is 0 Å².